The summed E-state index contributed by atoms with van der Waals surface area (Å²) in [6.45, 7) is 9.97. The van der Waals surface area contributed by atoms with Crippen LogP contribution in [0.5, 0.6) is 0 Å². The molecule has 0 aliphatic carbocycles. The molecule has 1 unspecified atom stereocenters. The summed E-state index contributed by atoms with van der Waals surface area (Å²) in [6, 6.07) is 0.373. The predicted molar refractivity (Wildman–Crippen MR) is 75.7 cm³/mol. The summed E-state index contributed by atoms with van der Waals surface area (Å²) in [5.74, 6) is -0.740. The fourth-order valence-corrected chi connectivity index (χ4v) is 3.61. The molecule has 19 heavy (non-hydrogen) atoms. The van der Waals surface area contributed by atoms with Crippen molar-refractivity contribution in [2.24, 2.45) is 0 Å². The Balaban J connectivity index is 1.94. The molecule has 0 bridgehead atoms. The van der Waals surface area contributed by atoms with Gasteiger partial charge >= 0.3 is 5.97 Å². The molecule has 1 saturated heterocycles. The summed E-state index contributed by atoms with van der Waals surface area (Å²) in [5.41, 5.74) is 1.13. The first-order valence-electron chi connectivity index (χ1n) is 6.59. The summed E-state index contributed by atoms with van der Waals surface area (Å²) >= 11 is 1.77. The lowest BCUT2D eigenvalue weighted by Gasteiger charge is -2.37. The summed E-state index contributed by atoms with van der Waals surface area (Å²) in [6.07, 6.45) is 0. The number of carboxylic acids is 1. The normalized spacial score (nSPS) is 19.5. The molecule has 1 aromatic rings. The van der Waals surface area contributed by atoms with Gasteiger partial charge in [0.05, 0.1) is 17.2 Å². The van der Waals surface area contributed by atoms with Gasteiger partial charge in [0.25, 0.3) is 0 Å². The molecule has 106 valence electrons. The SMILES string of the molecule is Cc1nc(C)c(C(C)N2CCN(CC(=O)O)CC2)s1. The molecule has 0 amide bonds. The van der Waals surface area contributed by atoms with E-state index in [0.717, 1.165) is 36.9 Å². The van der Waals surface area contributed by atoms with E-state index in [1.807, 2.05) is 11.8 Å². The molecular weight excluding hydrogens is 262 g/mol. The molecule has 1 atom stereocenters. The van der Waals surface area contributed by atoms with Gasteiger partial charge in [-0.1, -0.05) is 0 Å². The minimum Gasteiger partial charge on any atom is -0.480 e. The van der Waals surface area contributed by atoms with Crippen LogP contribution in [0.15, 0.2) is 0 Å². The Hall–Kier alpha value is -0.980. The quantitative estimate of drug-likeness (QED) is 0.908. The highest BCUT2D eigenvalue weighted by atomic mass is 32.1. The van der Waals surface area contributed by atoms with Crippen LogP contribution in [-0.4, -0.2) is 58.6 Å². The van der Waals surface area contributed by atoms with Crippen molar-refractivity contribution in [1.29, 1.82) is 0 Å². The van der Waals surface area contributed by atoms with E-state index >= 15 is 0 Å². The maximum absolute atomic E-state index is 10.7. The van der Waals surface area contributed by atoms with Gasteiger partial charge in [-0.3, -0.25) is 14.6 Å². The van der Waals surface area contributed by atoms with E-state index < -0.39 is 5.97 Å². The van der Waals surface area contributed by atoms with E-state index in [1.165, 1.54) is 4.88 Å². The van der Waals surface area contributed by atoms with Gasteiger partial charge < -0.3 is 5.11 Å². The standard InChI is InChI=1S/C13H21N3O2S/c1-9-13(19-11(3)14-9)10(2)16-6-4-15(5-7-16)8-12(17)18/h10H,4-8H2,1-3H3,(H,17,18). The van der Waals surface area contributed by atoms with E-state index in [2.05, 4.69) is 23.7 Å². The lowest BCUT2D eigenvalue weighted by molar-refractivity contribution is -0.138. The number of aromatic nitrogens is 1. The number of aryl methyl sites for hydroxylation is 2. The molecule has 1 aromatic heterocycles. The molecule has 6 heteroatoms. The van der Waals surface area contributed by atoms with Crippen molar-refractivity contribution in [3.05, 3.63) is 15.6 Å². The highest BCUT2D eigenvalue weighted by molar-refractivity contribution is 7.11. The molecule has 2 rings (SSSR count). The van der Waals surface area contributed by atoms with Gasteiger partial charge in [0.15, 0.2) is 0 Å². The predicted octanol–water partition coefficient (Wildman–Crippen LogP) is 1.52. The van der Waals surface area contributed by atoms with Gasteiger partial charge in [-0.15, -0.1) is 11.3 Å². The lowest BCUT2D eigenvalue weighted by Crippen LogP contribution is -2.48. The average Bonchev–Trinajstić information content (AvgIpc) is 2.68. The summed E-state index contributed by atoms with van der Waals surface area (Å²) < 4.78 is 0. The van der Waals surface area contributed by atoms with E-state index in [-0.39, 0.29) is 6.54 Å². The fourth-order valence-electron chi connectivity index (χ4n) is 2.60. The Kier molecular flexibility index (Phi) is 4.54. The van der Waals surface area contributed by atoms with Gasteiger partial charge in [0.2, 0.25) is 0 Å². The van der Waals surface area contributed by atoms with E-state index in [4.69, 9.17) is 5.11 Å². The maximum atomic E-state index is 10.7. The molecule has 2 heterocycles. The first-order chi connectivity index (χ1) is 8.97. The van der Waals surface area contributed by atoms with Crippen molar-refractivity contribution in [2.75, 3.05) is 32.7 Å². The second-order valence-corrected chi connectivity index (χ2v) is 6.30. The van der Waals surface area contributed by atoms with Crippen LogP contribution in [0.3, 0.4) is 0 Å². The monoisotopic (exact) mass is 283 g/mol. The van der Waals surface area contributed by atoms with Crippen molar-refractivity contribution in [3.63, 3.8) is 0 Å². The van der Waals surface area contributed by atoms with Crippen LogP contribution in [0.1, 0.15) is 28.5 Å². The van der Waals surface area contributed by atoms with Crippen LogP contribution < -0.4 is 0 Å². The van der Waals surface area contributed by atoms with Gasteiger partial charge in [-0.05, 0) is 20.8 Å². The van der Waals surface area contributed by atoms with Crippen molar-refractivity contribution in [2.45, 2.75) is 26.8 Å². The fraction of sp³-hybridized carbons (Fsp3) is 0.692. The number of piperazine rings is 1. The molecule has 1 N–H and O–H groups in total. The highest BCUT2D eigenvalue weighted by Crippen LogP contribution is 2.29. The Morgan fingerprint density at radius 2 is 2.00 bits per heavy atom. The van der Waals surface area contributed by atoms with E-state index in [1.54, 1.807) is 11.3 Å². The number of carbonyl (C=O) groups is 1. The molecule has 0 saturated carbocycles. The Labute approximate surface area is 117 Å². The summed E-state index contributed by atoms with van der Waals surface area (Å²) in [4.78, 5) is 20.9. The molecule has 0 aromatic carbocycles. The third kappa shape index (κ3) is 3.52. The zero-order valence-corrected chi connectivity index (χ0v) is 12.5. The molecule has 1 fully saturated rings. The minimum atomic E-state index is -0.740. The zero-order chi connectivity index (χ0) is 14.0. The first-order valence-corrected chi connectivity index (χ1v) is 7.41. The lowest BCUT2D eigenvalue weighted by atomic mass is 10.2. The molecule has 1 aliphatic rings. The minimum absolute atomic E-state index is 0.154. The number of hydrogen-bond acceptors (Lipinski definition) is 5. The zero-order valence-electron chi connectivity index (χ0n) is 11.7. The Bertz CT molecular complexity index is 453. The third-order valence-corrected chi connectivity index (χ3v) is 4.88. The van der Waals surface area contributed by atoms with Crippen LogP contribution in [0, 0.1) is 13.8 Å². The van der Waals surface area contributed by atoms with Gasteiger partial charge in [-0.25, -0.2) is 4.98 Å². The Morgan fingerprint density at radius 1 is 1.37 bits per heavy atom. The van der Waals surface area contributed by atoms with Crippen LogP contribution in [0.4, 0.5) is 0 Å². The molecule has 1 aliphatic heterocycles. The third-order valence-electron chi connectivity index (χ3n) is 3.63. The van der Waals surface area contributed by atoms with E-state index in [9.17, 15) is 4.79 Å². The highest BCUT2D eigenvalue weighted by Gasteiger charge is 2.25. The Morgan fingerprint density at radius 3 is 2.47 bits per heavy atom. The summed E-state index contributed by atoms with van der Waals surface area (Å²) in [5, 5.41) is 9.91. The van der Waals surface area contributed by atoms with Crippen molar-refractivity contribution in [1.82, 2.24) is 14.8 Å². The number of hydrogen-bond donors (Lipinski definition) is 1. The molecular formula is C13H21N3O2S. The maximum Gasteiger partial charge on any atom is 0.317 e. The molecule has 0 spiro atoms. The van der Waals surface area contributed by atoms with Gasteiger partial charge in [-0.2, -0.15) is 0 Å². The van der Waals surface area contributed by atoms with Crippen molar-refractivity contribution in [3.8, 4) is 0 Å². The van der Waals surface area contributed by atoms with Gasteiger partial charge in [0, 0.05) is 37.1 Å². The number of thiazole rings is 1. The van der Waals surface area contributed by atoms with Crippen molar-refractivity contribution >= 4 is 17.3 Å². The van der Waals surface area contributed by atoms with Gasteiger partial charge in [0.1, 0.15) is 0 Å². The second kappa shape index (κ2) is 5.98. The van der Waals surface area contributed by atoms with Crippen LogP contribution in [0.2, 0.25) is 0 Å². The second-order valence-electron chi connectivity index (χ2n) is 5.06. The summed E-state index contributed by atoms with van der Waals surface area (Å²) in [7, 11) is 0. The molecule has 0 radical (unpaired) electrons. The van der Waals surface area contributed by atoms with Crippen LogP contribution in [-0.2, 0) is 4.79 Å². The smallest absolute Gasteiger partial charge is 0.317 e. The number of aliphatic carboxylic acids is 1. The van der Waals surface area contributed by atoms with Crippen LogP contribution in [0.25, 0.3) is 0 Å². The topological polar surface area (TPSA) is 56.7 Å². The molecule has 5 nitrogen and oxygen atoms in total. The van der Waals surface area contributed by atoms with Crippen LogP contribution >= 0.6 is 11.3 Å². The van der Waals surface area contributed by atoms with E-state index in [0.29, 0.717) is 6.04 Å². The average molecular weight is 283 g/mol. The number of nitrogens with zero attached hydrogens (tertiary/aromatic N) is 3. The van der Waals surface area contributed by atoms with Crippen molar-refractivity contribution < 1.29 is 9.90 Å². The number of carboxylic acid groups (broad SMARTS) is 1. The first kappa shape index (κ1) is 14.4. The number of rotatable bonds is 4. The largest absolute Gasteiger partial charge is 0.480 e.